The molecule has 94 valence electrons. The van der Waals surface area contributed by atoms with Gasteiger partial charge in [-0.1, -0.05) is 6.92 Å². The second-order valence-electron chi connectivity index (χ2n) is 4.87. The van der Waals surface area contributed by atoms with Crippen LogP contribution in [-0.2, 0) is 11.2 Å². The highest BCUT2D eigenvalue weighted by atomic mass is 32.1. The molecular weight excluding hydrogens is 232 g/mol. The molecule has 1 unspecified atom stereocenters. The number of aryl methyl sites for hydroxylation is 1. The number of aromatic nitrogens is 1. The zero-order valence-corrected chi connectivity index (χ0v) is 11.4. The highest BCUT2D eigenvalue weighted by molar-refractivity contribution is 7.09. The monoisotopic (exact) mass is 252 g/mol. The summed E-state index contributed by atoms with van der Waals surface area (Å²) in [4.78, 5) is 16.8. The summed E-state index contributed by atoms with van der Waals surface area (Å²) < 4.78 is 0. The van der Waals surface area contributed by atoms with Gasteiger partial charge in [-0.2, -0.15) is 0 Å². The first-order chi connectivity index (χ1) is 8.16. The molecule has 0 radical (unpaired) electrons. The van der Waals surface area contributed by atoms with Crippen molar-refractivity contribution in [1.29, 1.82) is 0 Å². The summed E-state index contributed by atoms with van der Waals surface area (Å²) in [6.07, 6.45) is 3.57. The van der Waals surface area contributed by atoms with Crippen LogP contribution in [0.1, 0.15) is 36.9 Å². The van der Waals surface area contributed by atoms with Gasteiger partial charge in [0.2, 0.25) is 0 Å². The highest BCUT2D eigenvalue weighted by Crippen LogP contribution is 2.32. The number of thiazole rings is 1. The fraction of sp³-hybridized carbons (Fsp3) is 0.692. The van der Waals surface area contributed by atoms with E-state index in [4.69, 9.17) is 0 Å². The molecule has 1 fully saturated rings. The Morgan fingerprint density at radius 1 is 1.65 bits per heavy atom. The van der Waals surface area contributed by atoms with Gasteiger partial charge in [0.25, 0.3) is 0 Å². The van der Waals surface area contributed by atoms with E-state index in [1.807, 2.05) is 12.3 Å². The molecule has 0 aromatic carbocycles. The topological polar surface area (TPSA) is 42.0 Å². The third-order valence-electron chi connectivity index (χ3n) is 3.75. The third-order valence-corrected chi connectivity index (χ3v) is 4.57. The molecule has 4 heteroatoms. The van der Waals surface area contributed by atoms with Gasteiger partial charge in [0, 0.05) is 17.3 Å². The first kappa shape index (κ1) is 12.7. The lowest BCUT2D eigenvalue weighted by atomic mass is 9.73. The molecule has 3 nitrogen and oxygen atoms in total. The summed E-state index contributed by atoms with van der Waals surface area (Å²) in [6, 6.07) is 0. The number of ketones is 1. The van der Waals surface area contributed by atoms with Crippen LogP contribution >= 0.6 is 11.3 Å². The maximum atomic E-state index is 12.5. The van der Waals surface area contributed by atoms with Gasteiger partial charge in [-0.25, -0.2) is 4.98 Å². The van der Waals surface area contributed by atoms with Gasteiger partial charge in [-0.05, 0) is 32.7 Å². The van der Waals surface area contributed by atoms with E-state index in [9.17, 15) is 4.79 Å². The lowest BCUT2D eigenvalue weighted by molar-refractivity contribution is -0.129. The molecule has 0 saturated carbocycles. The zero-order valence-electron chi connectivity index (χ0n) is 10.6. The lowest BCUT2D eigenvalue weighted by Gasteiger charge is -2.35. The Bertz CT molecular complexity index is 394. The van der Waals surface area contributed by atoms with Gasteiger partial charge in [0.15, 0.2) is 0 Å². The van der Waals surface area contributed by atoms with Crippen LogP contribution in [0.3, 0.4) is 0 Å². The number of piperidine rings is 1. The first-order valence-electron chi connectivity index (χ1n) is 6.31. The molecule has 1 aliphatic rings. The average Bonchev–Trinajstić information content (AvgIpc) is 2.75. The van der Waals surface area contributed by atoms with Crippen molar-refractivity contribution in [2.24, 2.45) is 5.41 Å². The van der Waals surface area contributed by atoms with Gasteiger partial charge in [-0.3, -0.25) is 4.79 Å². The summed E-state index contributed by atoms with van der Waals surface area (Å²) in [6.45, 7) is 5.99. The number of nitrogens with one attached hydrogen (secondary N) is 1. The van der Waals surface area contributed by atoms with E-state index >= 15 is 0 Å². The van der Waals surface area contributed by atoms with E-state index in [0.29, 0.717) is 12.2 Å². The Morgan fingerprint density at radius 3 is 3.00 bits per heavy atom. The summed E-state index contributed by atoms with van der Waals surface area (Å²) in [5.41, 5.74) is 0.798. The SMILES string of the molecule is CCC1(C(=O)Cc2csc(C)n2)CCCNC1. The van der Waals surface area contributed by atoms with E-state index < -0.39 is 0 Å². The molecule has 1 saturated heterocycles. The molecule has 0 aliphatic carbocycles. The van der Waals surface area contributed by atoms with Crippen molar-refractivity contribution >= 4 is 17.1 Å². The van der Waals surface area contributed by atoms with Crippen LogP contribution in [0.25, 0.3) is 0 Å². The fourth-order valence-electron chi connectivity index (χ4n) is 2.55. The van der Waals surface area contributed by atoms with Crippen molar-refractivity contribution in [1.82, 2.24) is 10.3 Å². The Labute approximate surface area is 107 Å². The highest BCUT2D eigenvalue weighted by Gasteiger charge is 2.37. The molecular formula is C13H20N2OS. The van der Waals surface area contributed by atoms with Crippen molar-refractivity contribution in [2.75, 3.05) is 13.1 Å². The Morgan fingerprint density at radius 2 is 2.47 bits per heavy atom. The minimum Gasteiger partial charge on any atom is -0.316 e. The third kappa shape index (κ3) is 2.75. The van der Waals surface area contributed by atoms with Gasteiger partial charge >= 0.3 is 0 Å². The van der Waals surface area contributed by atoms with Crippen molar-refractivity contribution in [3.05, 3.63) is 16.1 Å². The van der Waals surface area contributed by atoms with Crippen LogP contribution in [-0.4, -0.2) is 23.9 Å². The summed E-state index contributed by atoms with van der Waals surface area (Å²) >= 11 is 1.62. The minimum atomic E-state index is -0.143. The van der Waals surface area contributed by atoms with Crippen LogP contribution in [0, 0.1) is 12.3 Å². The normalized spacial score (nSPS) is 24.8. The van der Waals surface area contributed by atoms with Crippen LogP contribution < -0.4 is 5.32 Å². The van der Waals surface area contributed by atoms with Crippen LogP contribution in [0.5, 0.6) is 0 Å². The molecule has 0 bridgehead atoms. The van der Waals surface area contributed by atoms with E-state index in [1.54, 1.807) is 11.3 Å². The Balaban J connectivity index is 2.07. The second-order valence-corrected chi connectivity index (χ2v) is 5.93. The zero-order chi connectivity index (χ0) is 12.3. The van der Waals surface area contributed by atoms with Crippen LogP contribution in [0.2, 0.25) is 0 Å². The maximum Gasteiger partial charge on any atom is 0.146 e. The molecule has 2 rings (SSSR count). The summed E-state index contributed by atoms with van der Waals surface area (Å²) in [5.74, 6) is 0.359. The standard InChI is InChI=1S/C13H20N2OS/c1-3-13(5-4-6-14-9-13)12(16)7-11-8-17-10(2)15-11/h8,14H,3-7,9H2,1-2H3. The van der Waals surface area contributed by atoms with Crippen LogP contribution in [0.4, 0.5) is 0 Å². The molecule has 17 heavy (non-hydrogen) atoms. The number of carbonyl (C=O) groups is 1. The summed E-state index contributed by atoms with van der Waals surface area (Å²) in [7, 11) is 0. The smallest absolute Gasteiger partial charge is 0.146 e. The molecule has 2 heterocycles. The Kier molecular flexibility index (Phi) is 3.94. The largest absolute Gasteiger partial charge is 0.316 e. The van der Waals surface area contributed by atoms with Crippen molar-refractivity contribution in [3.8, 4) is 0 Å². The fourth-order valence-corrected chi connectivity index (χ4v) is 3.16. The first-order valence-corrected chi connectivity index (χ1v) is 7.19. The van der Waals surface area contributed by atoms with E-state index in [0.717, 1.165) is 43.1 Å². The molecule has 0 spiro atoms. The van der Waals surface area contributed by atoms with Gasteiger partial charge in [0.1, 0.15) is 5.78 Å². The number of nitrogens with zero attached hydrogens (tertiary/aromatic N) is 1. The molecule has 1 aromatic heterocycles. The number of carbonyl (C=O) groups excluding carboxylic acids is 1. The predicted molar refractivity (Wildman–Crippen MR) is 70.4 cm³/mol. The van der Waals surface area contributed by atoms with Gasteiger partial charge in [-0.15, -0.1) is 11.3 Å². The lowest BCUT2D eigenvalue weighted by Crippen LogP contribution is -2.45. The van der Waals surface area contributed by atoms with Gasteiger partial charge < -0.3 is 5.32 Å². The van der Waals surface area contributed by atoms with Crippen LogP contribution in [0.15, 0.2) is 5.38 Å². The number of hydrogen-bond acceptors (Lipinski definition) is 4. The van der Waals surface area contributed by atoms with E-state index in [-0.39, 0.29) is 5.41 Å². The van der Waals surface area contributed by atoms with Gasteiger partial charge in [0.05, 0.1) is 17.1 Å². The van der Waals surface area contributed by atoms with E-state index in [2.05, 4.69) is 17.2 Å². The number of Topliss-reactive ketones (excluding diaryl/α,β-unsaturated/α-hetero) is 1. The minimum absolute atomic E-state index is 0.143. The van der Waals surface area contributed by atoms with Crippen molar-refractivity contribution in [3.63, 3.8) is 0 Å². The average molecular weight is 252 g/mol. The quantitative estimate of drug-likeness (QED) is 0.894. The molecule has 0 amide bonds. The molecule has 1 atom stereocenters. The number of rotatable bonds is 4. The Hall–Kier alpha value is -0.740. The van der Waals surface area contributed by atoms with Crippen molar-refractivity contribution in [2.45, 2.75) is 39.5 Å². The molecule has 1 aromatic rings. The summed E-state index contributed by atoms with van der Waals surface area (Å²) in [5, 5.41) is 6.41. The predicted octanol–water partition coefficient (Wildman–Crippen LogP) is 2.34. The number of hydrogen-bond donors (Lipinski definition) is 1. The van der Waals surface area contributed by atoms with E-state index in [1.165, 1.54) is 0 Å². The molecule has 1 N–H and O–H groups in total. The van der Waals surface area contributed by atoms with Crippen molar-refractivity contribution < 1.29 is 4.79 Å². The molecule has 1 aliphatic heterocycles. The maximum absolute atomic E-state index is 12.5. The second kappa shape index (κ2) is 5.27.